The predicted molar refractivity (Wildman–Crippen MR) is 78.0 cm³/mol. The third-order valence-corrected chi connectivity index (χ3v) is 3.89. The number of imidazole rings is 1. The van der Waals surface area contributed by atoms with Gasteiger partial charge in [-0.25, -0.2) is 4.98 Å². The number of H-pyrrole nitrogens is 1. The summed E-state index contributed by atoms with van der Waals surface area (Å²) in [6.45, 7) is 2.24. The number of nitriles is 1. The number of hydrogen-bond donors (Lipinski definition) is 2. The van der Waals surface area contributed by atoms with Crippen molar-refractivity contribution in [1.29, 1.82) is 5.26 Å². The number of hydrogen-bond acceptors (Lipinski definition) is 3. The summed E-state index contributed by atoms with van der Waals surface area (Å²) in [5.41, 5.74) is 2.79. The van der Waals surface area contributed by atoms with Crippen LogP contribution in [-0.2, 0) is 6.42 Å². The van der Waals surface area contributed by atoms with Crippen molar-refractivity contribution in [2.24, 2.45) is 5.92 Å². The fraction of sp³-hybridized carbons (Fsp3) is 0.375. The Bertz CT molecular complexity index is 600. The first-order chi connectivity index (χ1) is 9.85. The van der Waals surface area contributed by atoms with Gasteiger partial charge in [0.25, 0.3) is 0 Å². The zero-order valence-electron chi connectivity index (χ0n) is 11.4. The van der Waals surface area contributed by atoms with E-state index in [1.807, 2.05) is 30.5 Å². The molecule has 0 spiro atoms. The maximum absolute atomic E-state index is 8.81. The highest BCUT2D eigenvalue weighted by atomic mass is 14.9. The van der Waals surface area contributed by atoms with Crippen LogP contribution in [0.15, 0.2) is 30.5 Å². The molecule has 1 aliphatic heterocycles. The van der Waals surface area contributed by atoms with Gasteiger partial charge in [0.1, 0.15) is 5.82 Å². The molecule has 4 nitrogen and oxygen atoms in total. The minimum Gasteiger partial charge on any atom is -0.342 e. The minimum atomic E-state index is 0.684. The van der Waals surface area contributed by atoms with E-state index in [0.717, 1.165) is 42.5 Å². The van der Waals surface area contributed by atoms with Crippen LogP contribution in [0.3, 0.4) is 0 Å². The van der Waals surface area contributed by atoms with Crippen molar-refractivity contribution in [2.75, 3.05) is 13.1 Å². The SMILES string of the molecule is N#Cc1ccc(-c2cnc(CC3CCNCC3)[nH]2)cc1. The maximum atomic E-state index is 8.81. The molecule has 1 aromatic heterocycles. The molecular formula is C16H18N4. The number of aromatic amines is 1. The van der Waals surface area contributed by atoms with Gasteiger partial charge in [-0.15, -0.1) is 0 Å². The van der Waals surface area contributed by atoms with Crippen molar-refractivity contribution in [3.8, 4) is 17.3 Å². The van der Waals surface area contributed by atoms with E-state index in [-0.39, 0.29) is 0 Å². The number of benzene rings is 1. The first-order valence-electron chi connectivity index (χ1n) is 7.10. The lowest BCUT2D eigenvalue weighted by Crippen LogP contribution is -2.28. The molecule has 1 aromatic carbocycles. The summed E-state index contributed by atoms with van der Waals surface area (Å²) in [6.07, 6.45) is 5.37. The van der Waals surface area contributed by atoms with Crippen molar-refractivity contribution >= 4 is 0 Å². The number of nitrogens with zero attached hydrogens (tertiary/aromatic N) is 2. The fourth-order valence-corrected chi connectivity index (χ4v) is 2.70. The summed E-state index contributed by atoms with van der Waals surface area (Å²) in [4.78, 5) is 7.89. The van der Waals surface area contributed by atoms with Crippen LogP contribution >= 0.6 is 0 Å². The lowest BCUT2D eigenvalue weighted by Gasteiger charge is -2.21. The Morgan fingerprint density at radius 2 is 1.95 bits per heavy atom. The second-order valence-electron chi connectivity index (χ2n) is 5.33. The second kappa shape index (κ2) is 5.89. The Labute approximate surface area is 118 Å². The van der Waals surface area contributed by atoms with E-state index in [9.17, 15) is 0 Å². The summed E-state index contributed by atoms with van der Waals surface area (Å²) in [7, 11) is 0. The Morgan fingerprint density at radius 1 is 1.20 bits per heavy atom. The van der Waals surface area contributed by atoms with Gasteiger partial charge in [-0.1, -0.05) is 12.1 Å². The summed E-state index contributed by atoms with van der Waals surface area (Å²) < 4.78 is 0. The van der Waals surface area contributed by atoms with Gasteiger partial charge in [0.15, 0.2) is 0 Å². The third kappa shape index (κ3) is 2.89. The first-order valence-corrected chi connectivity index (χ1v) is 7.10. The van der Waals surface area contributed by atoms with Crippen LogP contribution in [0.1, 0.15) is 24.2 Å². The molecule has 3 rings (SSSR count). The standard InChI is InChI=1S/C16H18N4/c17-10-13-1-3-14(4-2-13)15-11-19-16(20-15)9-12-5-7-18-8-6-12/h1-4,11-12,18H,5-9H2,(H,19,20). The molecule has 1 fully saturated rings. The van der Waals surface area contributed by atoms with E-state index in [1.54, 1.807) is 0 Å². The molecule has 0 atom stereocenters. The van der Waals surface area contributed by atoms with Gasteiger partial charge >= 0.3 is 0 Å². The van der Waals surface area contributed by atoms with Gasteiger partial charge in [-0.3, -0.25) is 0 Å². The third-order valence-electron chi connectivity index (χ3n) is 3.89. The van der Waals surface area contributed by atoms with Gasteiger partial charge in [0, 0.05) is 6.42 Å². The number of nitrogens with one attached hydrogen (secondary N) is 2. The van der Waals surface area contributed by atoms with Gasteiger partial charge in [-0.2, -0.15) is 5.26 Å². The van der Waals surface area contributed by atoms with E-state index >= 15 is 0 Å². The number of piperidine rings is 1. The molecule has 1 aliphatic rings. The van der Waals surface area contributed by atoms with E-state index < -0.39 is 0 Å². The second-order valence-corrected chi connectivity index (χ2v) is 5.33. The molecule has 0 aliphatic carbocycles. The molecule has 2 aromatic rings. The van der Waals surface area contributed by atoms with Gasteiger partial charge in [-0.05, 0) is 49.5 Å². The molecule has 0 amide bonds. The van der Waals surface area contributed by atoms with Crippen molar-refractivity contribution in [3.05, 3.63) is 41.9 Å². The summed E-state index contributed by atoms with van der Waals surface area (Å²) >= 11 is 0. The number of aromatic nitrogens is 2. The number of rotatable bonds is 3. The maximum Gasteiger partial charge on any atom is 0.106 e. The molecule has 0 unspecified atom stereocenters. The minimum absolute atomic E-state index is 0.684. The Kier molecular flexibility index (Phi) is 3.80. The lowest BCUT2D eigenvalue weighted by atomic mass is 9.94. The van der Waals surface area contributed by atoms with Crippen LogP contribution in [0.4, 0.5) is 0 Å². The monoisotopic (exact) mass is 266 g/mol. The van der Waals surface area contributed by atoms with Crippen LogP contribution in [0.2, 0.25) is 0 Å². The average Bonchev–Trinajstić information content (AvgIpc) is 2.97. The molecule has 0 radical (unpaired) electrons. The zero-order chi connectivity index (χ0) is 13.8. The molecule has 0 bridgehead atoms. The summed E-state index contributed by atoms with van der Waals surface area (Å²) in [5.74, 6) is 1.80. The van der Waals surface area contributed by atoms with E-state index in [4.69, 9.17) is 5.26 Å². The zero-order valence-corrected chi connectivity index (χ0v) is 11.4. The fourth-order valence-electron chi connectivity index (χ4n) is 2.70. The Balaban J connectivity index is 1.70. The van der Waals surface area contributed by atoms with Crippen LogP contribution < -0.4 is 5.32 Å². The molecule has 4 heteroatoms. The Morgan fingerprint density at radius 3 is 2.65 bits per heavy atom. The Hall–Kier alpha value is -2.12. The normalized spacial score (nSPS) is 15.9. The average molecular weight is 266 g/mol. The van der Waals surface area contributed by atoms with Crippen LogP contribution in [0, 0.1) is 17.2 Å². The lowest BCUT2D eigenvalue weighted by molar-refractivity contribution is 0.368. The molecule has 1 saturated heterocycles. The van der Waals surface area contributed by atoms with Crippen molar-refractivity contribution < 1.29 is 0 Å². The molecule has 2 N–H and O–H groups in total. The van der Waals surface area contributed by atoms with Crippen molar-refractivity contribution in [2.45, 2.75) is 19.3 Å². The topological polar surface area (TPSA) is 64.5 Å². The predicted octanol–water partition coefficient (Wildman–Crippen LogP) is 2.49. The van der Waals surface area contributed by atoms with Crippen LogP contribution in [0.25, 0.3) is 11.3 Å². The van der Waals surface area contributed by atoms with E-state index in [0.29, 0.717) is 5.56 Å². The molecular weight excluding hydrogens is 248 g/mol. The van der Waals surface area contributed by atoms with E-state index in [1.165, 1.54) is 12.8 Å². The highest BCUT2D eigenvalue weighted by molar-refractivity contribution is 5.59. The van der Waals surface area contributed by atoms with Gasteiger partial charge < -0.3 is 10.3 Å². The van der Waals surface area contributed by atoms with Gasteiger partial charge in [0.2, 0.25) is 0 Å². The molecule has 20 heavy (non-hydrogen) atoms. The van der Waals surface area contributed by atoms with E-state index in [2.05, 4.69) is 21.4 Å². The van der Waals surface area contributed by atoms with Crippen molar-refractivity contribution in [3.63, 3.8) is 0 Å². The summed E-state index contributed by atoms with van der Waals surface area (Å²) in [6, 6.07) is 9.72. The van der Waals surface area contributed by atoms with Crippen LogP contribution in [0.5, 0.6) is 0 Å². The largest absolute Gasteiger partial charge is 0.342 e. The first kappa shape index (κ1) is 12.9. The van der Waals surface area contributed by atoms with Crippen molar-refractivity contribution in [1.82, 2.24) is 15.3 Å². The quantitative estimate of drug-likeness (QED) is 0.897. The van der Waals surface area contributed by atoms with Gasteiger partial charge in [0.05, 0.1) is 23.5 Å². The molecule has 2 heterocycles. The smallest absolute Gasteiger partial charge is 0.106 e. The molecule has 102 valence electrons. The highest BCUT2D eigenvalue weighted by Gasteiger charge is 2.15. The molecule has 0 saturated carbocycles. The highest BCUT2D eigenvalue weighted by Crippen LogP contribution is 2.21. The van der Waals surface area contributed by atoms with Crippen LogP contribution in [-0.4, -0.2) is 23.1 Å². The summed E-state index contributed by atoms with van der Waals surface area (Å²) in [5, 5.41) is 12.2.